The van der Waals surface area contributed by atoms with E-state index in [2.05, 4.69) is 0 Å². The van der Waals surface area contributed by atoms with Gasteiger partial charge in [0, 0.05) is 0 Å². The molecule has 0 fully saturated rings. The minimum Gasteiger partial charge on any atom is -0.347 e. The van der Waals surface area contributed by atoms with Crippen LogP contribution in [0.1, 0.15) is 13.8 Å². The summed E-state index contributed by atoms with van der Waals surface area (Å²) >= 11 is 0. The summed E-state index contributed by atoms with van der Waals surface area (Å²) < 4.78 is 0.389. The minimum absolute atomic E-state index is 0.0312. The Kier molecular flexibility index (Phi) is 3.77. The van der Waals surface area contributed by atoms with Gasteiger partial charge in [-0.25, -0.2) is 0 Å². The van der Waals surface area contributed by atoms with Crippen LogP contribution >= 0.6 is 0 Å². The zero-order valence-electron chi connectivity index (χ0n) is 6.17. The third-order valence-corrected chi connectivity index (χ3v) is 1.94. The summed E-state index contributed by atoms with van der Waals surface area (Å²) in [4.78, 5) is 0. The Labute approximate surface area is 56.1 Å². The van der Waals surface area contributed by atoms with Gasteiger partial charge in [0.15, 0.2) is 13.5 Å². The molecule has 3 nitrogen and oxygen atoms in total. The molecule has 0 aliphatic carbocycles. The predicted molar refractivity (Wildman–Crippen MR) is 35.5 cm³/mol. The molecule has 2 N–H and O–H groups in total. The number of aliphatic hydroxyl groups excluding tert-OH is 2. The van der Waals surface area contributed by atoms with Gasteiger partial charge in [-0.2, -0.15) is 0 Å². The van der Waals surface area contributed by atoms with Gasteiger partial charge in [-0.15, -0.1) is 0 Å². The molecule has 0 aliphatic rings. The summed E-state index contributed by atoms with van der Waals surface area (Å²) in [6.07, 6.45) is 0. The molecule has 0 heterocycles. The van der Waals surface area contributed by atoms with Crippen molar-refractivity contribution in [1.82, 2.24) is 0 Å². The average Bonchev–Trinajstić information content (AvgIpc) is 1.95. The van der Waals surface area contributed by atoms with E-state index in [9.17, 15) is 0 Å². The van der Waals surface area contributed by atoms with Crippen LogP contribution < -0.4 is 0 Å². The highest BCUT2D eigenvalue weighted by Crippen LogP contribution is 2.00. The van der Waals surface area contributed by atoms with Crippen LogP contribution in [0.15, 0.2) is 0 Å². The van der Waals surface area contributed by atoms with E-state index >= 15 is 0 Å². The van der Waals surface area contributed by atoms with Crippen LogP contribution in [0.2, 0.25) is 0 Å². The first-order valence-corrected chi connectivity index (χ1v) is 3.31. The van der Waals surface area contributed by atoms with Gasteiger partial charge in [0.25, 0.3) is 0 Å². The first-order chi connectivity index (χ1) is 4.24. The van der Waals surface area contributed by atoms with Crippen LogP contribution in [0.4, 0.5) is 0 Å². The molecule has 0 aromatic rings. The molecule has 0 radical (unpaired) electrons. The first-order valence-electron chi connectivity index (χ1n) is 3.31. The van der Waals surface area contributed by atoms with Gasteiger partial charge >= 0.3 is 0 Å². The largest absolute Gasteiger partial charge is 0.347 e. The molecule has 0 unspecified atom stereocenters. The minimum atomic E-state index is 0.0312. The summed E-state index contributed by atoms with van der Waals surface area (Å²) in [6, 6.07) is 0. The monoisotopic (exact) mass is 134 g/mol. The fourth-order valence-electron chi connectivity index (χ4n) is 0.668. The Morgan fingerprint density at radius 3 is 1.33 bits per heavy atom. The second-order valence-corrected chi connectivity index (χ2v) is 2.26. The van der Waals surface area contributed by atoms with E-state index in [4.69, 9.17) is 10.2 Å². The van der Waals surface area contributed by atoms with Crippen LogP contribution in [-0.2, 0) is 0 Å². The maximum absolute atomic E-state index is 8.79. The summed E-state index contributed by atoms with van der Waals surface area (Å²) in [5, 5.41) is 17.6. The summed E-state index contributed by atoms with van der Waals surface area (Å²) in [7, 11) is 0. The van der Waals surface area contributed by atoms with Crippen molar-refractivity contribution in [2.24, 2.45) is 0 Å². The third-order valence-electron chi connectivity index (χ3n) is 1.94. The highest BCUT2D eigenvalue weighted by molar-refractivity contribution is 4.23. The molecule has 0 aromatic heterocycles. The Morgan fingerprint density at radius 1 is 1.00 bits per heavy atom. The van der Waals surface area contributed by atoms with E-state index in [-0.39, 0.29) is 13.5 Å². The molecule has 0 rings (SSSR count). The van der Waals surface area contributed by atoms with Crippen LogP contribution in [-0.4, -0.2) is 41.2 Å². The lowest BCUT2D eigenvalue weighted by Crippen LogP contribution is -2.48. The van der Waals surface area contributed by atoms with Gasteiger partial charge in [-0.05, 0) is 13.8 Å². The number of nitrogens with zero attached hydrogens (tertiary/aromatic N) is 1. The van der Waals surface area contributed by atoms with Crippen LogP contribution in [0.3, 0.4) is 0 Å². The van der Waals surface area contributed by atoms with Gasteiger partial charge in [-0.1, -0.05) is 0 Å². The van der Waals surface area contributed by atoms with Crippen LogP contribution in [0.5, 0.6) is 0 Å². The topological polar surface area (TPSA) is 40.5 Å². The number of hydrogen-bond acceptors (Lipinski definition) is 2. The highest BCUT2D eigenvalue weighted by atomic mass is 16.3. The zero-order valence-corrected chi connectivity index (χ0v) is 6.17. The summed E-state index contributed by atoms with van der Waals surface area (Å²) in [6.45, 7) is 5.53. The Hall–Kier alpha value is -0.120. The molecule has 3 heteroatoms. The van der Waals surface area contributed by atoms with Crippen molar-refractivity contribution in [2.75, 3.05) is 26.6 Å². The fraction of sp³-hybridized carbons (Fsp3) is 1.00. The Balaban J connectivity index is 3.82. The molecule has 9 heavy (non-hydrogen) atoms. The molecular formula is C6H16NO2+. The van der Waals surface area contributed by atoms with E-state index in [0.717, 1.165) is 13.1 Å². The average molecular weight is 134 g/mol. The van der Waals surface area contributed by atoms with Crippen LogP contribution in [0.25, 0.3) is 0 Å². The quantitative estimate of drug-likeness (QED) is 0.411. The van der Waals surface area contributed by atoms with E-state index in [1.807, 2.05) is 13.8 Å². The van der Waals surface area contributed by atoms with Crippen molar-refractivity contribution in [3.63, 3.8) is 0 Å². The maximum atomic E-state index is 8.79. The molecule has 0 aromatic carbocycles. The first kappa shape index (κ1) is 8.88. The van der Waals surface area contributed by atoms with Gasteiger partial charge in [0.05, 0.1) is 13.1 Å². The molecule has 0 atom stereocenters. The smallest absolute Gasteiger partial charge is 0.182 e. The number of rotatable bonds is 4. The molecule has 0 spiro atoms. The van der Waals surface area contributed by atoms with Gasteiger partial charge < -0.3 is 10.2 Å². The predicted octanol–water partition coefficient (Wildman–Crippen LogP) is -0.257. The zero-order chi connectivity index (χ0) is 7.33. The van der Waals surface area contributed by atoms with Crippen molar-refractivity contribution in [3.8, 4) is 0 Å². The summed E-state index contributed by atoms with van der Waals surface area (Å²) in [5.41, 5.74) is 0. The highest BCUT2D eigenvalue weighted by Gasteiger charge is 2.19. The van der Waals surface area contributed by atoms with E-state index in [0.29, 0.717) is 4.48 Å². The molecular weight excluding hydrogens is 118 g/mol. The van der Waals surface area contributed by atoms with Gasteiger partial charge in [-0.3, -0.25) is 4.48 Å². The van der Waals surface area contributed by atoms with Crippen LogP contribution in [0, 0.1) is 0 Å². The van der Waals surface area contributed by atoms with Gasteiger partial charge in [0.2, 0.25) is 0 Å². The number of hydrogen-bond donors (Lipinski definition) is 2. The van der Waals surface area contributed by atoms with Gasteiger partial charge in [0.1, 0.15) is 0 Å². The molecule has 0 amide bonds. The molecule has 0 bridgehead atoms. The third kappa shape index (κ3) is 1.93. The van der Waals surface area contributed by atoms with Crippen molar-refractivity contribution in [3.05, 3.63) is 0 Å². The fourth-order valence-corrected chi connectivity index (χ4v) is 0.668. The number of quaternary nitrogens is 1. The van der Waals surface area contributed by atoms with Crippen molar-refractivity contribution in [2.45, 2.75) is 13.8 Å². The molecule has 0 saturated carbocycles. The lowest BCUT2D eigenvalue weighted by molar-refractivity contribution is -0.958. The molecule has 56 valence electrons. The Bertz CT molecular complexity index is 53.9. The van der Waals surface area contributed by atoms with E-state index < -0.39 is 0 Å². The second kappa shape index (κ2) is 3.82. The standard InChI is InChI=1S/C6H16NO2/c1-3-7(4-2,5-8)6-9/h8-9H,3-6H2,1-2H3/q+1. The van der Waals surface area contributed by atoms with Crippen molar-refractivity contribution in [1.29, 1.82) is 0 Å². The van der Waals surface area contributed by atoms with E-state index in [1.54, 1.807) is 0 Å². The molecule has 0 saturated heterocycles. The van der Waals surface area contributed by atoms with Crippen molar-refractivity contribution < 1.29 is 14.7 Å². The lowest BCUT2D eigenvalue weighted by Gasteiger charge is -2.31. The maximum Gasteiger partial charge on any atom is 0.182 e. The lowest BCUT2D eigenvalue weighted by atomic mass is 10.4. The van der Waals surface area contributed by atoms with Crippen molar-refractivity contribution >= 4 is 0 Å². The second-order valence-electron chi connectivity index (χ2n) is 2.26. The molecule has 0 aliphatic heterocycles. The van der Waals surface area contributed by atoms with E-state index in [1.165, 1.54) is 0 Å². The normalized spacial score (nSPS) is 12.0. The summed E-state index contributed by atoms with van der Waals surface area (Å²) in [5.74, 6) is 0. The number of aliphatic hydroxyl groups is 2. The Morgan fingerprint density at radius 2 is 1.33 bits per heavy atom. The SMILES string of the molecule is CC[N+](CC)(CO)CO.